The summed E-state index contributed by atoms with van der Waals surface area (Å²) in [5.74, 6) is 0.314. The minimum absolute atomic E-state index is 0.0251. The lowest BCUT2D eigenvalue weighted by atomic mass is 9.46. The first-order valence-corrected chi connectivity index (χ1v) is 13.4. The fraction of sp³-hybridized carbons (Fsp3) is 0.533. The highest BCUT2D eigenvalue weighted by molar-refractivity contribution is 5.84. The van der Waals surface area contributed by atoms with Gasteiger partial charge in [0.2, 0.25) is 5.91 Å². The third-order valence-electron chi connectivity index (χ3n) is 9.00. The lowest BCUT2D eigenvalue weighted by molar-refractivity contribution is -0.185. The van der Waals surface area contributed by atoms with Crippen molar-refractivity contribution in [2.24, 2.45) is 22.7 Å². The molecule has 2 aliphatic rings. The summed E-state index contributed by atoms with van der Waals surface area (Å²) < 4.78 is 11.1. The van der Waals surface area contributed by atoms with Crippen molar-refractivity contribution in [2.45, 2.75) is 64.7 Å². The zero-order valence-electron chi connectivity index (χ0n) is 22.5. The first-order chi connectivity index (χ1) is 18.2. The number of hydrogen-bond donors (Lipinski definition) is 4. The van der Waals surface area contributed by atoms with Crippen LogP contribution in [0, 0.1) is 22.7 Å². The molecule has 6 atom stereocenters. The van der Waals surface area contributed by atoms with Gasteiger partial charge in [-0.15, -0.1) is 0 Å². The van der Waals surface area contributed by atoms with Crippen LogP contribution >= 0.6 is 0 Å². The van der Waals surface area contributed by atoms with Gasteiger partial charge in [-0.1, -0.05) is 44.2 Å². The van der Waals surface area contributed by atoms with Gasteiger partial charge in [-0.25, -0.2) is 4.79 Å². The van der Waals surface area contributed by atoms with Gasteiger partial charge >= 0.3 is 6.09 Å². The van der Waals surface area contributed by atoms with Gasteiger partial charge in [0.05, 0.1) is 19.8 Å². The Labute approximate surface area is 224 Å². The molecule has 4 rings (SSSR count). The number of aliphatic hydroxyl groups excluding tert-OH is 2. The molecule has 0 aromatic heterocycles. The number of benzene rings is 2. The Morgan fingerprint density at radius 1 is 1.03 bits per heavy atom. The van der Waals surface area contributed by atoms with Crippen molar-refractivity contribution in [3.05, 3.63) is 60.2 Å². The molecule has 0 spiro atoms. The molecule has 8 heteroatoms. The maximum Gasteiger partial charge on any atom is 0.411 e. The van der Waals surface area contributed by atoms with Crippen molar-refractivity contribution in [3.63, 3.8) is 0 Å². The van der Waals surface area contributed by atoms with Gasteiger partial charge in [-0.3, -0.25) is 10.1 Å². The molecule has 0 aliphatic heterocycles. The summed E-state index contributed by atoms with van der Waals surface area (Å²) in [7, 11) is 1.58. The topological polar surface area (TPSA) is 117 Å². The number of ether oxygens (including phenoxy) is 2. The third-order valence-corrected chi connectivity index (χ3v) is 9.00. The number of hydrogen-bond acceptors (Lipinski definition) is 6. The molecule has 0 radical (unpaired) electrons. The number of amides is 2. The van der Waals surface area contributed by atoms with E-state index < -0.39 is 23.7 Å². The molecule has 4 N–H and O–H groups in total. The van der Waals surface area contributed by atoms with E-state index in [4.69, 9.17) is 9.47 Å². The molecule has 8 nitrogen and oxygen atoms in total. The third kappa shape index (κ3) is 5.81. The molecule has 2 amide bonds. The van der Waals surface area contributed by atoms with Crippen LogP contribution in [0.1, 0.15) is 51.5 Å². The zero-order chi connectivity index (χ0) is 27.3. The van der Waals surface area contributed by atoms with Crippen LogP contribution in [-0.2, 0) is 16.1 Å². The Hall–Kier alpha value is -3.10. The second kappa shape index (κ2) is 11.7. The second-order valence-corrected chi connectivity index (χ2v) is 11.2. The normalized spacial score (nSPS) is 30.6. The highest BCUT2D eigenvalue weighted by Gasteiger charge is 2.60. The maximum atomic E-state index is 12.9. The lowest BCUT2D eigenvalue weighted by Gasteiger charge is -2.60. The van der Waals surface area contributed by atoms with Gasteiger partial charge in [0, 0.05) is 24.1 Å². The Morgan fingerprint density at radius 2 is 1.74 bits per heavy atom. The van der Waals surface area contributed by atoms with E-state index in [-0.39, 0.29) is 36.2 Å². The van der Waals surface area contributed by atoms with Gasteiger partial charge in [-0.05, 0) is 72.8 Å². The standard InChI is InChI=1S/C30H40N2O6/c1-29-16-15-26(38-28(36)32-21-9-11-22(37-3)12-10-21)30(2,19-33)25(29)14-13-24(34)23(29)17-27(35)31-18-20-7-5-4-6-8-20/h4-12,23-26,33-34H,13-19H2,1-3H3,(H,31,35)(H,32,36)/t23-,24-,25?,26-,29+,30+/m1/s1. The Kier molecular flexibility index (Phi) is 8.63. The minimum Gasteiger partial charge on any atom is -0.497 e. The summed E-state index contributed by atoms with van der Waals surface area (Å²) in [5, 5.41) is 27.4. The molecule has 38 heavy (non-hydrogen) atoms. The molecule has 2 fully saturated rings. The average molecular weight is 525 g/mol. The van der Waals surface area contributed by atoms with Crippen molar-refractivity contribution in [1.29, 1.82) is 0 Å². The Balaban J connectivity index is 1.44. The lowest BCUT2D eigenvalue weighted by Crippen LogP contribution is -2.61. The van der Waals surface area contributed by atoms with E-state index in [1.807, 2.05) is 37.3 Å². The fourth-order valence-corrected chi connectivity index (χ4v) is 6.80. The summed E-state index contributed by atoms with van der Waals surface area (Å²) in [5.41, 5.74) is 0.520. The average Bonchev–Trinajstić information content (AvgIpc) is 2.92. The second-order valence-electron chi connectivity index (χ2n) is 11.2. The molecule has 2 aromatic carbocycles. The number of fused-ring (bicyclic) bond motifs is 1. The monoisotopic (exact) mass is 524 g/mol. The van der Waals surface area contributed by atoms with Crippen LogP contribution in [0.3, 0.4) is 0 Å². The van der Waals surface area contributed by atoms with Crippen LogP contribution in [0.5, 0.6) is 5.75 Å². The summed E-state index contributed by atoms with van der Waals surface area (Å²) in [6.07, 6.45) is 0.997. The van der Waals surface area contributed by atoms with Crippen molar-refractivity contribution in [3.8, 4) is 5.75 Å². The molecule has 0 bridgehead atoms. The molecule has 2 saturated carbocycles. The predicted molar refractivity (Wildman–Crippen MR) is 145 cm³/mol. The van der Waals surface area contributed by atoms with Gasteiger partial charge in [0.15, 0.2) is 0 Å². The summed E-state index contributed by atoms with van der Waals surface area (Å²) in [6, 6.07) is 16.7. The molecule has 2 aromatic rings. The van der Waals surface area contributed by atoms with Crippen LogP contribution < -0.4 is 15.4 Å². The number of anilines is 1. The van der Waals surface area contributed by atoms with Crippen LogP contribution in [0.2, 0.25) is 0 Å². The largest absolute Gasteiger partial charge is 0.497 e. The molecule has 2 aliphatic carbocycles. The maximum absolute atomic E-state index is 12.9. The molecule has 0 heterocycles. The van der Waals surface area contributed by atoms with E-state index in [0.717, 1.165) is 5.56 Å². The number of rotatable bonds is 8. The first-order valence-electron chi connectivity index (χ1n) is 13.4. The van der Waals surface area contributed by atoms with Crippen molar-refractivity contribution in [2.75, 3.05) is 19.0 Å². The predicted octanol–water partition coefficient (Wildman–Crippen LogP) is 4.50. The van der Waals surface area contributed by atoms with Gasteiger partial charge < -0.3 is 25.0 Å². The molecular formula is C30H40N2O6. The Bertz CT molecular complexity index is 1090. The highest BCUT2D eigenvalue weighted by Crippen LogP contribution is 2.61. The molecule has 1 unspecified atom stereocenters. The van der Waals surface area contributed by atoms with Crippen molar-refractivity contribution >= 4 is 17.7 Å². The van der Waals surface area contributed by atoms with E-state index >= 15 is 0 Å². The molecule has 206 valence electrons. The zero-order valence-corrected chi connectivity index (χ0v) is 22.5. The number of nitrogens with one attached hydrogen (secondary N) is 2. The van der Waals surface area contributed by atoms with Gasteiger partial charge in [0.25, 0.3) is 0 Å². The van der Waals surface area contributed by atoms with Gasteiger partial charge in [-0.2, -0.15) is 0 Å². The first kappa shape index (κ1) is 27.9. The van der Waals surface area contributed by atoms with Crippen LogP contribution in [0.25, 0.3) is 0 Å². The van der Waals surface area contributed by atoms with Crippen LogP contribution in [-0.4, -0.2) is 48.1 Å². The molecule has 0 saturated heterocycles. The number of carbonyl (C=O) groups excluding carboxylic acids is 2. The highest BCUT2D eigenvalue weighted by atomic mass is 16.6. The number of methoxy groups -OCH3 is 1. The molecular weight excluding hydrogens is 484 g/mol. The smallest absolute Gasteiger partial charge is 0.411 e. The number of aliphatic hydroxyl groups is 2. The van der Waals surface area contributed by atoms with E-state index in [1.165, 1.54) is 0 Å². The van der Waals surface area contributed by atoms with Crippen molar-refractivity contribution in [1.82, 2.24) is 5.32 Å². The fourth-order valence-electron chi connectivity index (χ4n) is 6.80. The summed E-state index contributed by atoms with van der Waals surface area (Å²) in [4.78, 5) is 25.7. The van der Waals surface area contributed by atoms with E-state index in [9.17, 15) is 19.8 Å². The van der Waals surface area contributed by atoms with Gasteiger partial charge in [0.1, 0.15) is 11.9 Å². The SMILES string of the molecule is COc1ccc(NC(=O)O[C@@H]2CC[C@]3(C)C(CC[C@@H](O)[C@H]3CC(=O)NCc3ccccc3)[C@]2(C)CO)cc1. The van der Waals surface area contributed by atoms with E-state index in [2.05, 4.69) is 17.6 Å². The quantitative estimate of drug-likeness (QED) is 0.404. The van der Waals surface area contributed by atoms with Crippen molar-refractivity contribution < 1.29 is 29.3 Å². The number of carbonyl (C=O) groups is 2. The van der Waals surface area contributed by atoms with E-state index in [0.29, 0.717) is 43.7 Å². The summed E-state index contributed by atoms with van der Waals surface area (Å²) >= 11 is 0. The minimum atomic E-state index is -0.705. The van der Waals surface area contributed by atoms with Crippen LogP contribution in [0.4, 0.5) is 10.5 Å². The van der Waals surface area contributed by atoms with Crippen LogP contribution in [0.15, 0.2) is 54.6 Å². The summed E-state index contributed by atoms with van der Waals surface area (Å²) in [6.45, 7) is 4.37. The Morgan fingerprint density at radius 3 is 2.39 bits per heavy atom. The van der Waals surface area contributed by atoms with E-state index in [1.54, 1.807) is 31.4 Å².